The third-order valence-electron chi connectivity index (χ3n) is 8.05. The number of rotatable bonds is 4. The molecule has 0 spiro atoms. The maximum atomic E-state index is 13.5. The molecule has 1 heterocycles. The molecule has 1 aliphatic rings. The topological polar surface area (TPSA) is 20.3 Å². The van der Waals surface area contributed by atoms with Gasteiger partial charge in [0.25, 0.3) is 0 Å². The highest BCUT2D eigenvalue weighted by molar-refractivity contribution is 7.99. The molecular formula is C39H25NOS. The van der Waals surface area contributed by atoms with Gasteiger partial charge in [-0.2, -0.15) is 0 Å². The Bertz CT molecular complexity index is 2090. The fourth-order valence-electron chi connectivity index (χ4n) is 6.01. The van der Waals surface area contributed by atoms with Gasteiger partial charge in [-0.25, -0.2) is 0 Å². The average Bonchev–Trinajstić information content (AvgIpc) is 3.06. The van der Waals surface area contributed by atoms with Crippen molar-refractivity contribution in [3.05, 3.63) is 163 Å². The summed E-state index contributed by atoms with van der Waals surface area (Å²) < 4.78 is 0. The Labute approximate surface area is 248 Å². The number of hydrogen-bond donors (Lipinski definition) is 0. The van der Waals surface area contributed by atoms with E-state index in [9.17, 15) is 4.79 Å². The van der Waals surface area contributed by atoms with Crippen molar-refractivity contribution in [2.75, 3.05) is 4.90 Å². The minimum atomic E-state index is 0.0199. The Balaban J connectivity index is 1.11. The first-order valence-corrected chi connectivity index (χ1v) is 14.9. The molecule has 0 aromatic heterocycles. The van der Waals surface area contributed by atoms with E-state index in [0.29, 0.717) is 11.1 Å². The van der Waals surface area contributed by atoms with Gasteiger partial charge < -0.3 is 4.90 Å². The summed E-state index contributed by atoms with van der Waals surface area (Å²) in [5.74, 6) is 0.0199. The van der Waals surface area contributed by atoms with Crippen LogP contribution in [0, 0.1) is 0 Å². The monoisotopic (exact) mass is 555 g/mol. The lowest BCUT2D eigenvalue weighted by Gasteiger charge is -2.32. The Morgan fingerprint density at radius 3 is 1.69 bits per heavy atom. The SMILES string of the molecule is O=C(c1ccc(-c2cc3ccccc3c3ccccc23)cc1)c1ccc(N2c3ccccc3Sc3ccccc32)cc1. The van der Waals surface area contributed by atoms with Crippen LogP contribution in [0.25, 0.3) is 32.7 Å². The molecular weight excluding hydrogens is 531 g/mol. The van der Waals surface area contributed by atoms with Gasteiger partial charge in [0, 0.05) is 26.6 Å². The Morgan fingerprint density at radius 2 is 1.02 bits per heavy atom. The largest absolute Gasteiger partial charge is 0.308 e. The van der Waals surface area contributed by atoms with Crippen LogP contribution in [0.2, 0.25) is 0 Å². The molecule has 0 N–H and O–H groups in total. The summed E-state index contributed by atoms with van der Waals surface area (Å²) in [4.78, 5) is 18.3. The summed E-state index contributed by atoms with van der Waals surface area (Å²) in [6.07, 6.45) is 0. The first-order chi connectivity index (χ1) is 20.7. The van der Waals surface area contributed by atoms with Crippen molar-refractivity contribution >= 4 is 56.2 Å². The molecule has 2 nitrogen and oxygen atoms in total. The molecule has 7 aromatic rings. The maximum absolute atomic E-state index is 13.5. The highest BCUT2D eigenvalue weighted by Gasteiger charge is 2.24. The minimum Gasteiger partial charge on any atom is -0.308 e. The molecule has 0 aliphatic carbocycles. The maximum Gasteiger partial charge on any atom is 0.193 e. The van der Waals surface area contributed by atoms with E-state index < -0.39 is 0 Å². The number of carbonyl (C=O) groups excluding carboxylic acids is 1. The molecule has 0 fully saturated rings. The molecule has 42 heavy (non-hydrogen) atoms. The van der Waals surface area contributed by atoms with Crippen LogP contribution in [0.5, 0.6) is 0 Å². The van der Waals surface area contributed by atoms with Gasteiger partial charge in [0.15, 0.2) is 5.78 Å². The number of ketones is 1. The third kappa shape index (κ3) is 4.09. The van der Waals surface area contributed by atoms with Crippen LogP contribution in [0.1, 0.15) is 15.9 Å². The van der Waals surface area contributed by atoms with Gasteiger partial charge in [0.2, 0.25) is 0 Å². The van der Waals surface area contributed by atoms with E-state index in [1.54, 1.807) is 11.8 Å². The summed E-state index contributed by atoms with van der Waals surface area (Å²) in [5.41, 5.74) is 6.97. The Hall–Kier alpha value is -5.12. The highest BCUT2D eigenvalue weighted by Crippen LogP contribution is 2.51. The number of para-hydroxylation sites is 2. The smallest absolute Gasteiger partial charge is 0.193 e. The summed E-state index contributed by atoms with van der Waals surface area (Å²) in [6.45, 7) is 0. The van der Waals surface area contributed by atoms with Crippen molar-refractivity contribution in [2.24, 2.45) is 0 Å². The fourth-order valence-corrected chi connectivity index (χ4v) is 7.06. The van der Waals surface area contributed by atoms with Crippen LogP contribution >= 0.6 is 11.8 Å². The van der Waals surface area contributed by atoms with Crippen LogP contribution < -0.4 is 4.90 Å². The first kappa shape index (κ1) is 24.7. The zero-order chi connectivity index (χ0) is 28.0. The van der Waals surface area contributed by atoms with Crippen molar-refractivity contribution < 1.29 is 4.79 Å². The highest BCUT2D eigenvalue weighted by atomic mass is 32.2. The van der Waals surface area contributed by atoms with Crippen molar-refractivity contribution in [3.8, 4) is 11.1 Å². The van der Waals surface area contributed by atoms with Gasteiger partial charge in [-0.3, -0.25) is 4.79 Å². The van der Waals surface area contributed by atoms with E-state index >= 15 is 0 Å². The molecule has 1 aliphatic heterocycles. The number of hydrogen-bond acceptors (Lipinski definition) is 3. The fraction of sp³-hybridized carbons (Fsp3) is 0. The minimum absolute atomic E-state index is 0.0199. The quantitative estimate of drug-likeness (QED) is 0.159. The zero-order valence-corrected chi connectivity index (χ0v) is 23.5. The lowest BCUT2D eigenvalue weighted by molar-refractivity contribution is 0.103. The second-order valence-electron chi connectivity index (χ2n) is 10.5. The summed E-state index contributed by atoms with van der Waals surface area (Å²) >= 11 is 1.79. The van der Waals surface area contributed by atoms with Gasteiger partial charge in [0.1, 0.15) is 0 Å². The number of fused-ring (bicyclic) bond motifs is 5. The second kappa shape index (κ2) is 10.1. The van der Waals surface area contributed by atoms with Crippen molar-refractivity contribution in [1.29, 1.82) is 0 Å². The first-order valence-electron chi connectivity index (χ1n) is 14.1. The number of nitrogens with zero attached hydrogens (tertiary/aromatic N) is 1. The van der Waals surface area contributed by atoms with Gasteiger partial charge in [0.05, 0.1) is 11.4 Å². The lowest BCUT2D eigenvalue weighted by Crippen LogP contribution is -2.14. The number of carbonyl (C=O) groups is 1. The van der Waals surface area contributed by atoms with Crippen LogP contribution in [0.15, 0.2) is 161 Å². The molecule has 0 unspecified atom stereocenters. The molecule has 0 atom stereocenters. The Morgan fingerprint density at radius 1 is 0.500 bits per heavy atom. The Kier molecular flexibility index (Phi) is 5.90. The normalized spacial score (nSPS) is 12.2. The zero-order valence-electron chi connectivity index (χ0n) is 22.7. The lowest BCUT2D eigenvalue weighted by atomic mass is 9.92. The number of anilines is 3. The molecule has 0 bridgehead atoms. The van der Waals surface area contributed by atoms with E-state index in [1.807, 2.05) is 36.4 Å². The summed E-state index contributed by atoms with van der Waals surface area (Å²) in [6, 6.07) is 52.2. The average molecular weight is 556 g/mol. The third-order valence-corrected chi connectivity index (χ3v) is 9.18. The van der Waals surface area contributed by atoms with Crippen LogP contribution in [0.3, 0.4) is 0 Å². The van der Waals surface area contributed by atoms with Gasteiger partial charge in [-0.05, 0) is 87.3 Å². The van der Waals surface area contributed by atoms with Crippen molar-refractivity contribution in [1.82, 2.24) is 0 Å². The molecule has 0 saturated carbocycles. The van der Waals surface area contributed by atoms with E-state index in [1.165, 1.54) is 36.9 Å². The summed E-state index contributed by atoms with van der Waals surface area (Å²) in [7, 11) is 0. The van der Waals surface area contributed by atoms with E-state index in [2.05, 4.69) is 120 Å². The summed E-state index contributed by atoms with van der Waals surface area (Å²) in [5, 5.41) is 4.92. The molecule has 3 heteroatoms. The molecule has 8 rings (SSSR count). The molecule has 7 aromatic carbocycles. The molecule has 0 saturated heterocycles. The standard InChI is InChI=1S/C39H25NOS/c41-39(27-19-17-26(18-20-27)34-25-29-9-1-2-10-31(29)32-11-3-4-12-33(32)34)28-21-23-30(24-22-28)40-35-13-5-7-15-37(35)42-38-16-8-6-14-36(38)40/h1-25H. The van der Waals surface area contributed by atoms with E-state index in [-0.39, 0.29) is 5.78 Å². The predicted molar refractivity (Wildman–Crippen MR) is 176 cm³/mol. The van der Waals surface area contributed by atoms with Gasteiger partial charge >= 0.3 is 0 Å². The second-order valence-corrected chi connectivity index (χ2v) is 11.6. The van der Waals surface area contributed by atoms with Crippen molar-refractivity contribution in [3.63, 3.8) is 0 Å². The molecule has 198 valence electrons. The van der Waals surface area contributed by atoms with E-state index in [4.69, 9.17) is 0 Å². The predicted octanol–water partition coefficient (Wildman–Crippen LogP) is 10.8. The van der Waals surface area contributed by atoms with Gasteiger partial charge in [-0.15, -0.1) is 0 Å². The number of benzene rings is 7. The molecule has 0 radical (unpaired) electrons. The van der Waals surface area contributed by atoms with Crippen LogP contribution in [0.4, 0.5) is 17.1 Å². The molecule has 0 amide bonds. The van der Waals surface area contributed by atoms with Crippen LogP contribution in [-0.4, -0.2) is 5.78 Å². The van der Waals surface area contributed by atoms with Crippen molar-refractivity contribution in [2.45, 2.75) is 9.79 Å². The van der Waals surface area contributed by atoms with Crippen LogP contribution in [-0.2, 0) is 0 Å². The van der Waals surface area contributed by atoms with Gasteiger partial charge in [-0.1, -0.05) is 109 Å². The van der Waals surface area contributed by atoms with E-state index in [0.717, 1.165) is 22.6 Å².